The number of carbonyl (C=O) groups is 1. The van der Waals surface area contributed by atoms with E-state index in [1.165, 1.54) is 12.1 Å². The van der Waals surface area contributed by atoms with Crippen molar-refractivity contribution in [3.8, 4) is 11.3 Å². The SMILES string of the molecule is C/C(=N\NC(=O)c1cc(-c2ccc(C)cc2)nc2ccccc12)c1ccc(F)cc1. The smallest absolute Gasteiger partial charge is 0.267 e. The van der Waals surface area contributed by atoms with Crippen molar-refractivity contribution in [2.45, 2.75) is 13.8 Å². The number of aromatic nitrogens is 1. The molecule has 0 radical (unpaired) electrons. The molecular weight excluding hydrogens is 377 g/mol. The van der Waals surface area contributed by atoms with Crippen LogP contribution in [-0.2, 0) is 0 Å². The number of carbonyl (C=O) groups excluding carboxylic acids is 1. The van der Waals surface area contributed by atoms with Crippen LogP contribution in [0.1, 0.15) is 28.4 Å². The van der Waals surface area contributed by atoms with E-state index in [9.17, 15) is 9.18 Å². The summed E-state index contributed by atoms with van der Waals surface area (Å²) in [6.45, 7) is 3.79. The van der Waals surface area contributed by atoms with Gasteiger partial charge in [0, 0.05) is 10.9 Å². The van der Waals surface area contributed by atoms with Gasteiger partial charge in [-0.1, -0.05) is 60.2 Å². The van der Waals surface area contributed by atoms with Crippen molar-refractivity contribution >= 4 is 22.5 Å². The minimum atomic E-state index is -0.330. The average Bonchev–Trinajstić information content (AvgIpc) is 2.77. The van der Waals surface area contributed by atoms with Crippen molar-refractivity contribution in [3.05, 3.63) is 101 Å². The predicted molar refractivity (Wildman–Crippen MR) is 118 cm³/mol. The number of pyridine rings is 1. The van der Waals surface area contributed by atoms with Crippen LogP contribution in [-0.4, -0.2) is 16.6 Å². The van der Waals surface area contributed by atoms with Gasteiger partial charge in [0.25, 0.3) is 5.91 Å². The van der Waals surface area contributed by atoms with Gasteiger partial charge in [0.2, 0.25) is 0 Å². The Balaban J connectivity index is 1.70. The van der Waals surface area contributed by atoms with Gasteiger partial charge >= 0.3 is 0 Å². The molecule has 1 N–H and O–H groups in total. The Morgan fingerprint density at radius 1 is 0.967 bits per heavy atom. The van der Waals surface area contributed by atoms with Gasteiger partial charge in [0.15, 0.2) is 0 Å². The fourth-order valence-corrected chi connectivity index (χ4v) is 3.19. The molecule has 3 aromatic carbocycles. The fourth-order valence-electron chi connectivity index (χ4n) is 3.19. The third-order valence-corrected chi connectivity index (χ3v) is 4.90. The summed E-state index contributed by atoms with van der Waals surface area (Å²) >= 11 is 0. The second kappa shape index (κ2) is 8.25. The first-order valence-corrected chi connectivity index (χ1v) is 9.58. The summed E-state index contributed by atoms with van der Waals surface area (Å²) in [5, 5.41) is 4.95. The highest BCUT2D eigenvalue weighted by atomic mass is 19.1. The van der Waals surface area contributed by atoms with E-state index in [4.69, 9.17) is 4.98 Å². The number of fused-ring (bicyclic) bond motifs is 1. The van der Waals surface area contributed by atoms with E-state index < -0.39 is 0 Å². The first kappa shape index (κ1) is 19.5. The molecule has 0 saturated carbocycles. The zero-order valence-corrected chi connectivity index (χ0v) is 16.7. The van der Waals surface area contributed by atoms with E-state index in [1.807, 2.05) is 55.5 Å². The number of nitrogens with one attached hydrogen (secondary N) is 1. The van der Waals surface area contributed by atoms with E-state index >= 15 is 0 Å². The van der Waals surface area contributed by atoms with Gasteiger partial charge < -0.3 is 0 Å². The lowest BCUT2D eigenvalue weighted by Crippen LogP contribution is -2.20. The normalized spacial score (nSPS) is 11.5. The first-order chi connectivity index (χ1) is 14.5. The molecule has 4 rings (SSSR count). The van der Waals surface area contributed by atoms with Gasteiger partial charge in [-0.2, -0.15) is 5.10 Å². The van der Waals surface area contributed by atoms with Gasteiger partial charge in [-0.3, -0.25) is 4.79 Å². The fraction of sp³-hybridized carbons (Fsp3) is 0.0800. The molecule has 0 spiro atoms. The van der Waals surface area contributed by atoms with E-state index in [1.54, 1.807) is 25.1 Å². The van der Waals surface area contributed by atoms with Crippen molar-refractivity contribution in [2.75, 3.05) is 0 Å². The molecule has 0 aliphatic heterocycles. The standard InChI is InChI=1S/C25H20FN3O/c1-16-7-9-19(10-8-16)24-15-22(21-5-3-4-6-23(21)27-24)25(30)29-28-17(2)18-11-13-20(26)14-12-18/h3-15H,1-2H3,(H,29,30)/b28-17+. The van der Waals surface area contributed by atoms with Crippen molar-refractivity contribution in [1.29, 1.82) is 0 Å². The van der Waals surface area contributed by atoms with Crippen molar-refractivity contribution in [3.63, 3.8) is 0 Å². The van der Waals surface area contributed by atoms with Crippen LogP contribution in [0.4, 0.5) is 4.39 Å². The Labute approximate surface area is 174 Å². The third-order valence-electron chi connectivity index (χ3n) is 4.90. The minimum Gasteiger partial charge on any atom is -0.267 e. The van der Waals surface area contributed by atoms with E-state index in [0.29, 0.717) is 11.3 Å². The number of aryl methyl sites for hydroxylation is 1. The van der Waals surface area contributed by atoms with Gasteiger partial charge in [-0.25, -0.2) is 14.8 Å². The van der Waals surface area contributed by atoms with Crippen LogP contribution in [0, 0.1) is 12.7 Å². The van der Waals surface area contributed by atoms with Gasteiger partial charge in [-0.05, 0) is 43.7 Å². The minimum absolute atomic E-state index is 0.317. The van der Waals surface area contributed by atoms with Gasteiger partial charge in [0.1, 0.15) is 5.82 Å². The molecule has 5 heteroatoms. The molecule has 4 nitrogen and oxygen atoms in total. The molecule has 0 aliphatic rings. The Kier molecular flexibility index (Phi) is 5.35. The highest BCUT2D eigenvalue weighted by Gasteiger charge is 2.14. The lowest BCUT2D eigenvalue weighted by atomic mass is 10.0. The lowest BCUT2D eigenvalue weighted by molar-refractivity contribution is 0.0956. The molecule has 1 amide bonds. The molecule has 1 heterocycles. The predicted octanol–water partition coefficient (Wildman–Crippen LogP) is 5.50. The van der Waals surface area contributed by atoms with Crippen LogP contribution in [0.3, 0.4) is 0 Å². The van der Waals surface area contributed by atoms with Crippen LogP contribution >= 0.6 is 0 Å². The number of nitrogens with zero attached hydrogens (tertiary/aromatic N) is 2. The van der Waals surface area contributed by atoms with Gasteiger partial charge in [0.05, 0.1) is 22.5 Å². The Morgan fingerprint density at radius 3 is 2.40 bits per heavy atom. The molecule has 0 saturated heterocycles. The molecule has 1 aromatic heterocycles. The summed E-state index contributed by atoms with van der Waals surface area (Å²) in [7, 11) is 0. The number of amides is 1. The van der Waals surface area contributed by atoms with Gasteiger partial charge in [-0.15, -0.1) is 0 Å². The summed E-state index contributed by atoms with van der Waals surface area (Å²) < 4.78 is 13.1. The first-order valence-electron chi connectivity index (χ1n) is 9.58. The molecule has 148 valence electrons. The van der Waals surface area contributed by atoms with Crippen LogP contribution in [0.5, 0.6) is 0 Å². The maximum Gasteiger partial charge on any atom is 0.272 e. The topological polar surface area (TPSA) is 54.4 Å². The molecular formula is C25H20FN3O. The maximum atomic E-state index is 13.1. The zero-order valence-electron chi connectivity index (χ0n) is 16.7. The summed E-state index contributed by atoms with van der Waals surface area (Å²) in [5.41, 5.74) is 7.98. The summed E-state index contributed by atoms with van der Waals surface area (Å²) in [6, 6.07) is 23.3. The summed E-state index contributed by atoms with van der Waals surface area (Å²) in [5.74, 6) is -0.647. The number of hydrogen-bond donors (Lipinski definition) is 1. The molecule has 0 aliphatic carbocycles. The number of hydrogen-bond acceptors (Lipinski definition) is 3. The molecule has 4 aromatic rings. The van der Waals surface area contributed by atoms with Crippen LogP contribution in [0.2, 0.25) is 0 Å². The van der Waals surface area contributed by atoms with Crippen LogP contribution in [0.15, 0.2) is 84.0 Å². The number of hydrazone groups is 1. The second-order valence-electron chi connectivity index (χ2n) is 7.08. The number of halogens is 1. The van der Waals surface area contributed by atoms with Crippen LogP contribution < -0.4 is 5.43 Å². The number of para-hydroxylation sites is 1. The van der Waals surface area contributed by atoms with Crippen molar-refractivity contribution in [1.82, 2.24) is 10.4 Å². The molecule has 0 atom stereocenters. The largest absolute Gasteiger partial charge is 0.272 e. The number of rotatable bonds is 4. The average molecular weight is 397 g/mol. The third kappa shape index (κ3) is 4.10. The summed E-state index contributed by atoms with van der Waals surface area (Å²) in [4.78, 5) is 17.7. The highest BCUT2D eigenvalue weighted by Crippen LogP contribution is 2.25. The monoisotopic (exact) mass is 397 g/mol. The number of benzene rings is 3. The van der Waals surface area contributed by atoms with E-state index in [2.05, 4.69) is 10.5 Å². The van der Waals surface area contributed by atoms with E-state index in [-0.39, 0.29) is 11.7 Å². The van der Waals surface area contributed by atoms with Crippen molar-refractivity contribution in [2.24, 2.45) is 5.10 Å². The molecule has 0 fully saturated rings. The summed E-state index contributed by atoms with van der Waals surface area (Å²) in [6.07, 6.45) is 0. The zero-order chi connectivity index (χ0) is 21.1. The van der Waals surface area contributed by atoms with Crippen LogP contribution in [0.25, 0.3) is 22.2 Å². The lowest BCUT2D eigenvalue weighted by Gasteiger charge is -2.10. The maximum absolute atomic E-state index is 13.1. The quantitative estimate of drug-likeness (QED) is 0.365. The molecule has 0 bridgehead atoms. The molecule has 30 heavy (non-hydrogen) atoms. The second-order valence-corrected chi connectivity index (χ2v) is 7.08. The van der Waals surface area contributed by atoms with Crippen molar-refractivity contribution < 1.29 is 9.18 Å². The highest BCUT2D eigenvalue weighted by molar-refractivity contribution is 6.08. The Bertz CT molecular complexity index is 1250. The molecule has 0 unspecified atom stereocenters. The van der Waals surface area contributed by atoms with E-state index in [0.717, 1.165) is 33.3 Å². The Hall–Kier alpha value is -3.86. The Morgan fingerprint density at radius 2 is 1.67 bits per heavy atom.